The molecule has 0 radical (unpaired) electrons. The molecule has 5 nitrogen and oxygen atoms in total. The molecule has 1 aliphatic rings. The number of piperidine rings is 1. The van der Waals surface area contributed by atoms with Gasteiger partial charge in [-0.15, -0.1) is 10.2 Å². The fraction of sp³-hybridized carbons (Fsp3) is 0.467. The molecule has 1 aromatic carbocycles. The summed E-state index contributed by atoms with van der Waals surface area (Å²) in [6, 6.07) is 10.4. The molecule has 1 aromatic heterocycles. The lowest BCUT2D eigenvalue weighted by atomic mass is 10.1. The third-order valence-electron chi connectivity index (χ3n) is 3.75. The highest BCUT2D eigenvalue weighted by molar-refractivity contribution is 5.51. The van der Waals surface area contributed by atoms with E-state index in [0.717, 1.165) is 18.7 Å². The van der Waals surface area contributed by atoms with Crippen LogP contribution >= 0.6 is 0 Å². The molecular formula is C15H20N4O. The van der Waals surface area contributed by atoms with Crippen LogP contribution in [0.5, 0.6) is 0 Å². The number of benzene rings is 1. The maximum atomic E-state index is 5.69. The topological polar surface area (TPSA) is 54.2 Å². The molecule has 1 saturated heterocycles. The lowest BCUT2D eigenvalue weighted by molar-refractivity contribution is 0.231. The molecule has 106 valence electrons. The first kappa shape index (κ1) is 13.3. The van der Waals surface area contributed by atoms with Gasteiger partial charge < -0.3 is 14.6 Å². The zero-order valence-electron chi connectivity index (χ0n) is 11.7. The maximum Gasteiger partial charge on any atom is 0.247 e. The monoisotopic (exact) mass is 272 g/mol. The SMILES string of the molecule is CN1CCC(NCc2nnc(-c3ccccc3)o2)CC1. The first-order chi connectivity index (χ1) is 9.81. The molecule has 0 unspecified atom stereocenters. The van der Waals surface area contributed by atoms with Crippen LogP contribution in [0.3, 0.4) is 0 Å². The van der Waals surface area contributed by atoms with Gasteiger partial charge in [0.1, 0.15) is 0 Å². The molecule has 5 heteroatoms. The van der Waals surface area contributed by atoms with E-state index in [1.165, 1.54) is 12.8 Å². The molecule has 0 saturated carbocycles. The van der Waals surface area contributed by atoms with Crippen molar-refractivity contribution in [3.8, 4) is 11.5 Å². The van der Waals surface area contributed by atoms with Crippen LogP contribution < -0.4 is 5.32 Å². The highest BCUT2D eigenvalue weighted by Crippen LogP contribution is 2.17. The van der Waals surface area contributed by atoms with Crippen LogP contribution in [0.2, 0.25) is 0 Å². The molecular weight excluding hydrogens is 252 g/mol. The second-order valence-electron chi connectivity index (χ2n) is 5.33. The highest BCUT2D eigenvalue weighted by atomic mass is 16.4. The van der Waals surface area contributed by atoms with Gasteiger partial charge in [-0.2, -0.15) is 0 Å². The Balaban J connectivity index is 1.55. The van der Waals surface area contributed by atoms with Crippen molar-refractivity contribution in [2.75, 3.05) is 20.1 Å². The number of aromatic nitrogens is 2. The number of hydrogen-bond donors (Lipinski definition) is 1. The Bertz CT molecular complexity index is 532. The number of hydrogen-bond acceptors (Lipinski definition) is 5. The van der Waals surface area contributed by atoms with Gasteiger partial charge in [0.2, 0.25) is 11.8 Å². The van der Waals surface area contributed by atoms with Gasteiger partial charge in [0, 0.05) is 11.6 Å². The summed E-state index contributed by atoms with van der Waals surface area (Å²) in [7, 11) is 2.17. The lowest BCUT2D eigenvalue weighted by Gasteiger charge is -2.29. The molecule has 2 aromatic rings. The Kier molecular flexibility index (Phi) is 4.08. The van der Waals surface area contributed by atoms with E-state index in [9.17, 15) is 0 Å². The van der Waals surface area contributed by atoms with Gasteiger partial charge in [-0.3, -0.25) is 0 Å². The predicted octanol–water partition coefficient (Wildman–Crippen LogP) is 1.92. The number of nitrogens with zero attached hydrogens (tertiary/aromatic N) is 3. The first-order valence-corrected chi connectivity index (χ1v) is 7.11. The normalized spacial score (nSPS) is 17.4. The van der Waals surface area contributed by atoms with Crippen molar-refractivity contribution < 1.29 is 4.42 Å². The molecule has 0 atom stereocenters. The molecule has 0 amide bonds. The summed E-state index contributed by atoms with van der Waals surface area (Å²) >= 11 is 0. The summed E-state index contributed by atoms with van der Waals surface area (Å²) < 4.78 is 5.69. The van der Waals surface area contributed by atoms with Gasteiger partial charge in [0.15, 0.2) is 0 Å². The minimum absolute atomic E-state index is 0.554. The zero-order valence-corrected chi connectivity index (χ0v) is 11.7. The van der Waals surface area contributed by atoms with Crippen LogP contribution in [0.1, 0.15) is 18.7 Å². The van der Waals surface area contributed by atoms with Crippen molar-refractivity contribution in [2.24, 2.45) is 0 Å². The van der Waals surface area contributed by atoms with Gasteiger partial charge >= 0.3 is 0 Å². The fourth-order valence-electron chi connectivity index (χ4n) is 2.47. The second-order valence-corrected chi connectivity index (χ2v) is 5.33. The van der Waals surface area contributed by atoms with Gasteiger partial charge in [-0.25, -0.2) is 0 Å². The van der Waals surface area contributed by atoms with Crippen LogP contribution in [0.25, 0.3) is 11.5 Å². The van der Waals surface area contributed by atoms with E-state index < -0.39 is 0 Å². The standard InChI is InChI=1S/C15H20N4O/c1-19-9-7-13(8-10-19)16-11-14-17-18-15(20-14)12-5-3-2-4-6-12/h2-6,13,16H,7-11H2,1H3. The quantitative estimate of drug-likeness (QED) is 0.921. The minimum atomic E-state index is 0.554. The van der Waals surface area contributed by atoms with Crippen molar-refractivity contribution >= 4 is 0 Å². The van der Waals surface area contributed by atoms with E-state index in [2.05, 4.69) is 27.5 Å². The zero-order chi connectivity index (χ0) is 13.8. The summed E-state index contributed by atoms with van der Waals surface area (Å²) in [5.41, 5.74) is 0.963. The van der Waals surface area contributed by atoms with E-state index in [0.29, 0.717) is 24.4 Å². The average Bonchev–Trinajstić information content (AvgIpc) is 2.97. The van der Waals surface area contributed by atoms with E-state index in [1.54, 1.807) is 0 Å². The Morgan fingerprint density at radius 2 is 1.95 bits per heavy atom. The van der Waals surface area contributed by atoms with Gasteiger partial charge in [0.05, 0.1) is 6.54 Å². The largest absolute Gasteiger partial charge is 0.419 e. The number of likely N-dealkylation sites (tertiary alicyclic amines) is 1. The summed E-state index contributed by atoms with van der Waals surface area (Å²) in [5.74, 6) is 1.24. The number of rotatable bonds is 4. The Labute approximate surface area is 119 Å². The Morgan fingerprint density at radius 1 is 1.20 bits per heavy atom. The van der Waals surface area contributed by atoms with Crippen LogP contribution in [0, 0.1) is 0 Å². The van der Waals surface area contributed by atoms with Crippen LogP contribution in [-0.4, -0.2) is 41.3 Å². The van der Waals surface area contributed by atoms with Crippen molar-refractivity contribution in [1.29, 1.82) is 0 Å². The molecule has 1 aliphatic heterocycles. The summed E-state index contributed by atoms with van der Waals surface area (Å²) in [6.45, 7) is 2.95. The molecule has 0 aliphatic carbocycles. The summed E-state index contributed by atoms with van der Waals surface area (Å²) in [6.07, 6.45) is 2.35. The Hall–Kier alpha value is -1.72. The molecule has 2 heterocycles. The van der Waals surface area contributed by atoms with E-state index in [4.69, 9.17) is 4.42 Å². The molecule has 0 spiro atoms. The first-order valence-electron chi connectivity index (χ1n) is 7.11. The maximum absolute atomic E-state index is 5.69. The summed E-state index contributed by atoms with van der Waals surface area (Å²) in [5, 5.41) is 11.7. The molecule has 3 rings (SSSR count). The minimum Gasteiger partial charge on any atom is -0.419 e. The smallest absolute Gasteiger partial charge is 0.247 e. The van der Waals surface area contributed by atoms with E-state index in [1.807, 2.05) is 30.3 Å². The molecule has 1 N–H and O–H groups in total. The predicted molar refractivity (Wildman–Crippen MR) is 77.1 cm³/mol. The molecule has 0 bridgehead atoms. The van der Waals surface area contributed by atoms with Gasteiger partial charge in [-0.05, 0) is 45.1 Å². The highest BCUT2D eigenvalue weighted by Gasteiger charge is 2.17. The third-order valence-corrected chi connectivity index (χ3v) is 3.75. The molecule has 1 fully saturated rings. The molecule has 20 heavy (non-hydrogen) atoms. The number of nitrogens with one attached hydrogen (secondary N) is 1. The van der Waals surface area contributed by atoms with Gasteiger partial charge in [0.25, 0.3) is 0 Å². The van der Waals surface area contributed by atoms with Gasteiger partial charge in [-0.1, -0.05) is 18.2 Å². The summed E-state index contributed by atoms with van der Waals surface area (Å²) in [4.78, 5) is 2.36. The van der Waals surface area contributed by atoms with Crippen molar-refractivity contribution in [3.05, 3.63) is 36.2 Å². The third kappa shape index (κ3) is 3.23. The van der Waals surface area contributed by atoms with Crippen LogP contribution in [-0.2, 0) is 6.54 Å². The van der Waals surface area contributed by atoms with E-state index in [-0.39, 0.29) is 0 Å². The van der Waals surface area contributed by atoms with Crippen LogP contribution in [0.15, 0.2) is 34.7 Å². The van der Waals surface area contributed by atoms with Crippen molar-refractivity contribution in [1.82, 2.24) is 20.4 Å². The average molecular weight is 272 g/mol. The second kappa shape index (κ2) is 6.15. The lowest BCUT2D eigenvalue weighted by Crippen LogP contribution is -2.40. The van der Waals surface area contributed by atoms with Crippen LogP contribution in [0.4, 0.5) is 0 Å². The fourth-order valence-corrected chi connectivity index (χ4v) is 2.47. The van der Waals surface area contributed by atoms with Crippen molar-refractivity contribution in [2.45, 2.75) is 25.4 Å². The van der Waals surface area contributed by atoms with Crippen molar-refractivity contribution in [3.63, 3.8) is 0 Å². The Morgan fingerprint density at radius 3 is 2.70 bits per heavy atom. The van der Waals surface area contributed by atoms with E-state index >= 15 is 0 Å².